The maximum atomic E-state index is 12.1. The van der Waals surface area contributed by atoms with E-state index in [4.69, 9.17) is 9.47 Å². The summed E-state index contributed by atoms with van der Waals surface area (Å²) in [6, 6.07) is 5.13. The number of hydrogen-bond acceptors (Lipinski definition) is 4. The van der Waals surface area contributed by atoms with Crippen molar-refractivity contribution in [1.29, 1.82) is 0 Å². The summed E-state index contributed by atoms with van der Waals surface area (Å²) in [6.45, 7) is 1.69. The fraction of sp³-hybridized carbons (Fsp3) is 0.500. The first-order valence-corrected chi connectivity index (χ1v) is 7.24. The maximum Gasteiger partial charge on any atom is 0.260 e. The largest absolute Gasteiger partial charge is 0.493 e. The molecule has 0 bridgehead atoms. The molecule has 0 radical (unpaired) electrons. The molecule has 5 heteroatoms. The van der Waals surface area contributed by atoms with Gasteiger partial charge < -0.3 is 14.8 Å². The summed E-state index contributed by atoms with van der Waals surface area (Å²) in [6.07, 6.45) is 4.48. The number of amides is 1. The van der Waals surface area contributed by atoms with Crippen LogP contribution in [0, 0.1) is 0 Å². The molecule has 1 aliphatic rings. The van der Waals surface area contributed by atoms with E-state index in [1.807, 2.05) is 0 Å². The van der Waals surface area contributed by atoms with Crippen LogP contribution in [-0.2, 0) is 4.79 Å². The average Bonchev–Trinajstić information content (AvgIpc) is 2.99. The Morgan fingerprint density at radius 2 is 2.05 bits per heavy atom. The van der Waals surface area contributed by atoms with E-state index in [1.54, 1.807) is 25.1 Å². The van der Waals surface area contributed by atoms with Crippen LogP contribution in [0.3, 0.4) is 0 Å². The Morgan fingerprint density at radius 3 is 2.67 bits per heavy atom. The van der Waals surface area contributed by atoms with Crippen LogP contribution in [0.2, 0.25) is 0 Å². The van der Waals surface area contributed by atoms with Crippen LogP contribution in [0.15, 0.2) is 18.2 Å². The molecule has 1 fully saturated rings. The Labute approximate surface area is 124 Å². The Bertz CT molecular complexity index is 509. The van der Waals surface area contributed by atoms with Crippen molar-refractivity contribution in [2.45, 2.75) is 44.8 Å². The molecule has 21 heavy (non-hydrogen) atoms. The minimum Gasteiger partial charge on any atom is -0.493 e. The number of benzene rings is 1. The van der Waals surface area contributed by atoms with Gasteiger partial charge in [-0.1, -0.05) is 12.8 Å². The monoisotopic (exact) mass is 291 g/mol. The highest BCUT2D eigenvalue weighted by molar-refractivity contribution is 5.81. The third-order valence-corrected chi connectivity index (χ3v) is 3.70. The third kappa shape index (κ3) is 3.97. The molecule has 1 unspecified atom stereocenters. The zero-order valence-electron chi connectivity index (χ0n) is 12.4. The summed E-state index contributed by atoms with van der Waals surface area (Å²) in [4.78, 5) is 22.9. The number of aldehydes is 1. The quantitative estimate of drug-likeness (QED) is 0.817. The standard InChI is InChI=1S/C16H21NO4/c1-11(16(19)17-13-5-3-4-6-13)21-15-9-12(10-18)7-8-14(15)20-2/h7-11,13H,3-6H2,1-2H3,(H,17,19). The number of rotatable bonds is 6. The normalized spacial score (nSPS) is 16.3. The number of ether oxygens (including phenoxy) is 2. The van der Waals surface area contributed by atoms with E-state index < -0.39 is 6.10 Å². The van der Waals surface area contributed by atoms with Gasteiger partial charge in [-0.05, 0) is 38.0 Å². The lowest BCUT2D eigenvalue weighted by molar-refractivity contribution is -0.128. The molecule has 1 aromatic rings. The minimum absolute atomic E-state index is 0.138. The van der Waals surface area contributed by atoms with Crippen LogP contribution >= 0.6 is 0 Å². The first-order valence-electron chi connectivity index (χ1n) is 7.24. The lowest BCUT2D eigenvalue weighted by atomic mass is 10.2. The minimum atomic E-state index is -0.638. The summed E-state index contributed by atoms with van der Waals surface area (Å²) < 4.78 is 10.8. The number of carbonyl (C=O) groups is 2. The van der Waals surface area contributed by atoms with E-state index >= 15 is 0 Å². The third-order valence-electron chi connectivity index (χ3n) is 3.70. The van der Waals surface area contributed by atoms with Gasteiger partial charge in [0.2, 0.25) is 0 Å². The summed E-state index contributed by atoms with van der Waals surface area (Å²) in [5.74, 6) is 0.762. The fourth-order valence-corrected chi connectivity index (χ4v) is 2.49. The van der Waals surface area contributed by atoms with Gasteiger partial charge in [-0.3, -0.25) is 9.59 Å². The molecule has 1 N–H and O–H groups in total. The van der Waals surface area contributed by atoms with Crippen molar-refractivity contribution in [3.63, 3.8) is 0 Å². The van der Waals surface area contributed by atoms with Crippen molar-refractivity contribution in [1.82, 2.24) is 5.32 Å². The van der Waals surface area contributed by atoms with Crippen molar-refractivity contribution in [3.8, 4) is 11.5 Å². The Hall–Kier alpha value is -2.04. The van der Waals surface area contributed by atoms with Gasteiger partial charge in [0.1, 0.15) is 6.29 Å². The summed E-state index contributed by atoms with van der Waals surface area (Å²) in [5, 5.41) is 2.99. The van der Waals surface area contributed by atoms with Gasteiger partial charge in [-0.25, -0.2) is 0 Å². The van der Waals surface area contributed by atoms with Crippen molar-refractivity contribution >= 4 is 12.2 Å². The summed E-state index contributed by atoms with van der Waals surface area (Å²) in [7, 11) is 1.52. The van der Waals surface area contributed by atoms with Crippen molar-refractivity contribution < 1.29 is 19.1 Å². The topological polar surface area (TPSA) is 64.6 Å². The van der Waals surface area contributed by atoms with Crippen LogP contribution in [0.25, 0.3) is 0 Å². The summed E-state index contributed by atoms with van der Waals surface area (Å²) >= 11 is 0. The Kier molecular flexibility index (Phi) is 5.20. The lowest BCUT2D eigenvalue weighted by Crippen LogP contribution is -2.41. The highest BCUT2D eigenvalue weighted by atomic mass is 16.5. The molecule has 114 valence electrons. The molecule has 0 heterocycles. The van der Waals surface area contributed by atoms with E-state index in [1.165, 1.54) is 7.11 Å². The molecule has 1 amide bonds. The van der Waals surface area contributed by atoms with E-state index in [0.717, 1.165) is 32.0 Å². The van der Waals surface area contributed by atoms with Gasteiger partial charge in [-0.2, -0.15) is 0 Å². The van der Waals surface area contributed by atoms with E-state index in [0.29, 0.717) is 17.1 Å². The second-order valence-corrected chi connectivity index (χ2v) is 5.28. The number of methoxy groups -OCH3 is 1. The zero-order chi connectivity index (χ0) is 15.2. The molecular weight excluding hydrogens is 270 g/mol. The molecule has 0 aliphatic heterocycles. The van der Waals surface area contributed by atoms with Gasteiger partial charge in [0.05, 0.1) is 7.11 Å². The van der Waals surface area contributed by atoms with E-state index in [2.05, 4.69) is 5.32 Å². The molecule has 1 atom stereocenters. The Balaban J connectivity index is 2.01. The highest BCUT2D eigenvalue weighted by Crippen LogP contribution is 2.28. The Morgan fingerprint density at radius 1 is 1.33 bits per heavy atom. The van der Waals surface area contributed by atoms with Gasteiger partial charge >= 0.3 is 0 Å². The number of nitrogens with one attached hydrogen (secondary N) is 1. The molecule has 1 aromatic carbocycles. The van der Waals surface area contributed by atoms with Crippen LogP contribution in [0.4, 0.5) is 0 Å². The van der Waals surface area contributed by atoms with Crippen LogP contribution < -0.4 is 14.8 Å². The predicted molar refractivity (Wildman–Crippen MR) is 78.9 cm³/mol. The average molecular weight is 291 g/mol. The highest BCUT2D eigenvalue weighted by Gasteiger charge is 2.22. The SMILES string of the molecule is COc1ccc(C=O)cc1OC(C)C(=O)NC1CCCC1. The molecule has 1 aliphatic carbocycles. The van der Waals surface area contributed by atoms with Crippen LogP contribution in [0.5, 0.6) is 11.5 Å². The zero-order valence-corrected chi connectivity index (χ0v) is 12.4. The van der Waals surface area contributed by atoms with Gasteiger partial charge in [0.25, 0.3) is 5.91 Å². The van der Waals surface area contributed by atoms with E-state index in [-0.39, 0.29) is 11.9 Å². The molecular formula is C16H21NO4. The molecule has 1 saturated carbocycles. The van der Waals surface area contributed by atoms with E-state index in [9.17, 15) is 9.59 Å². The van der Waals surface area contributed by atoms with Crippen LogP contribution in [0.1, 0.15) is 43.0 Å². The second kappa shape index (κ2) is 7.11. The number of hydrogen-bond donors (Lipinski definition) is 1. The second-order valence-electron chi connectivity index (χ2n) is 5.28. The molecule has 5 nitrogen and oxygen atoms in total. The lowest BCUT2D eigenvalue weighted by Gasteiger charge is -2.19. The fourth-order valence-electron chi connectivity index (χ4n) is 2.49. The number of carbonyl (C=O) groups excluding carboxylic acids is 2. The van der Waals surface area contributed by atoms with Gasteiger partial charge in [-0.15, -0.1) is 0 Å². The first kappa shape index (κ1) is 15.4. The maximum absolute atomic E-state index is 12.1. The van der Waals surface area contributed by atoms with Crippen molar-refractivity contribution in [3.05, 3.63) is 23.8 Å². The molecule has 0 spiro atoms. The molecule has 0 aromatic heterocycles. The molecule has 2 rings (SSSR count). The van der Waals surface area contributed by atoms with Gasteiger partial charge in [0, 0.05) is 11.6 Å². The van der Waals surface area contributed by atoms with Crippen molar-refractivity contribution in [2.24, 2.45) is 0 Å². The van der Waals surface area contributed by atoms with Gasteiger partial charge in [0.15, 0.2) is 17.6 Å². The van der Waals surface area contributed by atoms with Crippen LogP contribution in [-0.4, -0.2) is 31.4 Å². The molecule has 0 saturated heterocycles. The first-order chi connectivity index (χ1) is 10.1. The predicted octanol–water partition coefficient (Wildman–Crippen LogP) is 2.33. The smallest absolute Gasteiger partial charge is 0.260 e. The van der Waals surface area contributed by atoms with Crippen molar-refractivity contribution in [2.75, 3.05) is 7.11 Å². The summed E-state index contributed by atoms with van der Waals surface area (Å²) in [5.41, 5.74) is 0.481.